The van der Waals surface area contributed by atoms with Crippen molar-refractivity contribution in [2.75, 3.05) is 21.2 Å². The molecule has 0 rings (SSSR count). The predicted octanol–water partition coefficient (Wildman–Crippen LogP) is 0.257. The van der Waals surface area contributed by atoms with Crippen LogP contribution in [0.3, 0.4) is 0 Å². The Morgan fingerprint density at radius 3 is 1.17 bits per heavy atom. The molecular weight excluding hydrogens is 339 g/mol. The Balaban J connectivity index is -0.0000000105. The standard InChI is InChI=1S/C3H7.C2H7NO.CH4O.2CH3.Au/c1-3-2;1-3(2)4;1-2;;;/h1,3H2,2H3;4H,1-2H3;2H,1H3;2*1H3;/q-1;;;2*-1;+3/p+1. The first-order valence-electron chi connectivity index (χ1n) is 2.88. The maximum atomic E-state index is 7.97. The quantitative estimate of drug-likeness (QED) is 0.328. The van der Waals surface area contributed by atoms with Crippen LogP contribution in [0.15, 0.2) is 0 Å². The summed E-state index contributed by atoms with van der Waals surface area (Å²) >= 11 is 0. The van der Waals surface area contributed by atoms with Crippen LogP contribution in [-0.4, -0.2) is 31.5 Å². The second-order valence-electron chi connectivity index (χ2n) is 1.45. The summed E-state index contributed by atoms with van der Waals surface area (Å²) in [7, 11) is 4.28. The molecule has 0 heterocycles. The van der Waals surface area contributed by atoms with Crippen LogP contribution < -0.4 is 5.06 Å². The van der Waals surface area contributed by atoms with Gasteiger partial charge in [0, 0.05) is 7.11 Å². The monoisotopic (exact) mass is 364 g/mol. The smallest absolute Gasteiger partial charge is 0.400 e. The summed E-state index contributed by atoms with van der Waals surface area (Å²) < 4.78 is 0. The van der Waals surface area contributed by atoms with Crippen molar-refractivity contribution in [2.24, 2.45) is 0 Å². The molecule has 0 saturated heterocycles. The summed E-state index contributed by atoms with van der Waals surface area (Å²) in [6.07, 6.45) is 1.00. The fourth-order valence-corrected chi connectivity index (χ4v) is 0. The summed E-state index contributed by atoms with van der Waals surface area (Å²) in [5, 5.41) is 15.4. The fraction of sp³-hybridized carbons (Fsp3) is 0.625. The van der Waals surface area contributed by atoms with Crippen molar-refractivity contribution in [3.05, 3.63) is 21.8 Å². The van der Waals surface area contributed by atoms with E-state index in [0.29, 0.717) is 5.06 Å². The van der Waals surface area contributed by atoms with E-state index in [2.05, 4.69) is 6.92 Å². The van der Waals surface area contributed by atoms with Crippen molar-refractivity contribution >= 4 is 0 Å². The molecule has 0 radical (unpaired) electrons. The first kappa shape index (κ1) is 38.9. The van der Waals surface area contributed by atoms with E-state index in [4.69, 9.17) is 10.3 Å². The zero-order valence-corrected chi connectivity index (χ0v) is 11.3. The molecule has 0 aromatic heterocycles. The van der Waals surface area contributed by atoms with E-state index < -0.39 is 0 Å². The number of quaternary nitrogens is 1. The van der Waals surface area contributed by atoms with Gasteiger partial charge in [0.1, 0.15) is 0 Å². The van der Waals surface area contributed by atoms with Gasteiger partial charge in [-0.05, 0) is 0 Å². The molecule has 3 N–H and O–H groups in total. The van der Waals surface area contributed by atoms with Gasteiger partial charge in [0.05, 0.1) is 14.1 Å². The van der Waals surface area contributed by atoms with Crippen LogP contribution in [0.5, 0.6) is 0 Å². The summed E-state index contributed by atoms with van der Waals surface area (Å²) in [5.74, 6) is 0. The summed E-state index contributed by atoms with van der Waals surface area (Å²) in [4.78, 5) is 0. The number of hydrogen-bond donors (Lipinski definition) is 3. The summed E-state index contributed by atoms with van der Waals surface area (Å²) in [6.45, 7) is 5.50. The van der Waals surface area contributed by atoms with Crippen LogP contribution in [0.2, 0.25) is 0 Å². The molecule has 84 valence electrons. The topological polar surface area (TPSA) is 44.9 Å². The Kier molecular flexibility index (Phi) is 199. The molecule has 0 atom stereocenters. The number of rotatable bonds is 0. The van der Waals surface area contributed by atoms with Gasteiger partial charge in [0.2, 0.25) is 0 Å². The minimum absolute atomic E-state index is 0. The maximum absolute atomic E-state index is 7.97. The molecule has 0 unspecified atom stereocenters. The Hall–Kier alpha value is 0.620. The Labute approximate surface area is 94.3 Å². The average molecular weight is 364 g/mol. The van der Waals surface area contributed by atoms with Crippen LogP contribution in [0.25, 0.3) is 0 Å². The molecule has 0 bridgehead atoms. The third-order valence-electron chi connectivity index (χ3n) is 0. The van der Waals surface area contributed by atoms with Gasteiger partial charge in [-0.25, -0.2) is 5.21 Å². The first-order chi connectivity index (χ1) is 4.15. The van der Waals surface area contributed by atoms with Crippen molar-refractivity contribution in [3.8, 4) is 0 Å². The second kappa shape index (κ2) is 61.4. The zero-order valence-electron chi connectivity index (χ0n) is 9.11. The van der Waals surface area contributed by atoms with E-state index in [-0.39, 0.29) is 37.2 Å². The molecule has 0 aliphatic carbocycles. The van der Waals surface area contributed by atoms with Gasteiger partial charge in [0.25, 0.3) is 0 Å². The minimum atomic E-state index is 0. The first-order valence-corrected chi connectivity index (χ1v) is 2.88. The minimum Gasteiger partial charge on any atom is -0.400 e. The third kappa shape index (κ3) is 2550. The molecule has 12 heavy (non-hydrogen) atoms. The molecule has 0 spiro atoms. The molecule has 0 aliphatic rings. The molecule has 0 aromatic rings. The van der Waals surface area contributed by atoms with Gasteiger partial charge in [-0.15, -0.1) is 0 Å². The molecule has 0 saturated carbocycles. The van der Waals surface area contributed by atoms with E-state index in [9.17, 15) is 0 Å². The van der Waals surface area contributed by atoms with Gasteiger partial charge in [-0.3, -0.25) is 0 Å². The Morgan fingerprint density at radius 1 is 1.17 bits per heavy atom. The van der Waals surface area contributed by atoms with Crippen molar-refractivity contribution in [1.29, 1.82) is 0 Å². The van der Waals surface area contributed by atoms with Gasteiger partial charge in [-0.2, -0.15) is 11.5 Å². The van der Waals surface area contributed by atoms with Crippen molar-refractivity contribution in [3.63, 3.8) is 0 Å². The van der Waals surface area contributed by atoms with Gasteiger partial charge < -0.3 is 26.9 Å². The number of hydrogen-bond acceptors (Lipinski definition) is 2. The molecule has 0 aliphatic heterocycles. The van der Waals surface area contributed by atoms with Crippen LogP contribution in [0, 0.1) is 21.8 Å². The third-order valence-corrected chi connectivity index (χ3v) is 0. The van der Waals surface area contributed by atoms with Crippen LogP contribution in [0.4, 0.5) is 0 Å². The van der Waals surface area contributed by atoms with Crippen LogP contribution >= 0.6 is 0 Å². The number of aliphatic hydroxyl groups excluding tert-OH is 1. The molecule has 0 amide bonds. The van der Waals surface area contributed by atoms with Crippen LogP contribution in [-0.2, 0) is 22.4 Å². The maximum Gasteiger partial charge on any atom is 3.00 e. The molecule has 0 aromatic carbocycles. The van der Waals surface area contributed by atoms with E-state index in [1.165, 1.54) is 0 Å². The predicted molar refractivity (Wildman–Crippen MR) is 51.2 cm³/mol. The van der Waals surface area contributed by atoms with E-state index >= 15 is 0 Å². The van der Waals surface area contributed by atoms with Gasteiger partial charge in [-0.1, -0.05) is 6.92 Å². The SMILES string of the molecule is CO.C[NH+](C)O.[Au+3].[CH2-]CC.[CH3-].[CH3-]. The van der Waals surface area contributed by atoms with E-state index in [1.807, 2.05) is 6.92 Å². The number of nitrogens with one attached hydrogen (secondary N) is 1. The largest absolute Gasteiger partial charge is 3.00 e. The molecule has 4 heteroatoms. The average Bonchev–Trinajstić information content (AvgIpc) is 1.71. The van der Waals surface area contributed by atoms with Crippen molar-refractivity contribution < 1.29 is 37.8 Å². The number of hydroxylamine groups is 2. The molecule has 3 nitrogen and oxygen atoms in total. The number of aliphatic hydroxyl groups is 1. The van der Waals surface area contributed by atoms with Gasteiger partial charge in [0.15, 0.2) is 0 Å². The zero-order chi connectivity index (χ0) is 8.28. The van der Waals surface area contributed by atoms with E-state index in [1.54, 1.807) is 14.1 Å². The second-order valence-corrected chi connectivity index (χ2v) is 1.45. The molecular formula is C8H25AuNO2+. The van der Waals surface area contributed by atoms with Crippen molar-refractivity contribution in [1.82, 2.24) is 0 Å². The Morgan fingerprint density at radius 2 is 1.17 bits per heavy atom. The van der Waals surface area contributed by atoms with E-state index in [0.717, 1.165) is 13.5 Å². The van der Waals surface area contributed by atoms with Gasteiger partial charge >= 0.3 is 22.4 Å². The van der Waals surface area contributed by atoms with Crippen molar-refractivity contribution in [2.45, 2.75) is 13.3 Å². The molecule has 0 fully saturated rings. The fourth-order valence-electron chi connectivity index (χ4n) is 0. The summed E-state index contributed by atoms with van der Waals surface area (Å²) in [6, 6.07) is 0. The normalized spacial score (nSPS) is 5.00. The Bertz CT molecular complexity index is 28.3. The summed E-state index contributed by atoms with van der Waals surface area (Å²) in [5.41, 5.74) is 0. The van der Waals surface area contributed by atoms with Crippen LogP contribution in [0.1, 0.15) is 13.3 Å².